The molecule has 174 valence electrons. The van der Waals surface area contributed by atoms with E-state index in [1.54, 1.807) is 7.11 Å². The molecule has 0 aliphatic carbocycles. The topological polar surface area (TPSA) is 49.2 Å². The van der Waals surface area contributed by atoms with Crippen LogP contribution in [0, 0.1) is 0 Å². The number of pyridine rings is 1. The zero-order chi connectivity index (χ0) is 23.6. The van der Waals surface area contributed by atoms with Crippen LogP contribution in [0.15, 0.2) is 91.3 Å². The first-order chi connectivity index (χ1) is 17.3. The Morgan fingerprint density at radius 1 is 0.886 bits per heavy atom. The fourth-order valence-electron chi connectivity index (χ4n) is 4.99. The van der Waals surface area contributed by atoms with Gasteiger partial charge in [-0.3, -0.25) is 4.98 Å². The van der Waals surface area contributed by atoms with Gasteiger partial charge in [0.2, 0.25) is 0 Å². The van der Waals surface area contributed by atoms with Crippen LogP contribution in [-0.4, -0.2) is 28.3 Å². The van der Waals surface area contributed by atoms with E-state index in [0.717, 1.165) is 52.5 Å². The summed E-state index contributed by atoms with van der Waals surface area (Å²) in [6.45, 7) is 1.22. The molecule has 0 amide bonds. The lowest BCUT2D eigenvalue weighted by Crippen LogP contribution is -2.13. The molecular weight excluding hydrogens is 434 g/mol. The predicted octanol–water partition coefficient (Wildman–Crippen LogP) is 6.48. The Hall–Kier alpha value is -3.96. The first kappa shape index (κ1) is 21.6. The summed E-state index contributed by atoms with van der Waals surface area (Å²) in [6.07, 6.45) is 5.68. The lowest BCUT2D eigenvalue weighted by atomic mass is 10.0. The number of ether oxygens (including phenoxy) is 2. The molecule has 2 aromatic heterocycles. The first-order valence-electron chi connectivity index (χ1n) is 12.0. The number of methoxy groups -OCH3 is 1. The number of benzene rings is 3. The van der Waals surface area contributed by atoms with Gasteiger partial charge >= 0.3 is 0 Å². The molecule has 0 saturated heterocycles. The van der Waals surface area contributed by atoms with Gasteiger partial charge in [-0.15, -0.1) is 0 Å². The Labute approximate surface area is 205 Å². The molecule has 3 aromatic carbocycles. The van der Waals surface area contributed by atoms with Gasteiger partial charge in [-0.25, -0.2) is 4.98 Å². The molecule has 1 aliphatic rings. The minimum absolute atomic E-state index is 0.244. The normalized spacial score (nSPS) is 14.8. The zero-order valence-electron chi connectivity index (χ0n) is 19.7. The van der Waals surface area contributed by atoms with Crippen LogP contribution in [0.25, 0.3) is 33.3 Å². The van der Waals surface area contributed by atoms with Crippen LogP contribution in [0.2, 0.25) is 0 Å². The Morgan fingerprint density at radius 3 is 2.49 bits per heavy atom. The predicted molar refractivity (Wildman–Crippen MR) is 138 cm³/mol. The number of nitrogens with zero attached hydrogens (tertiary/aromatic N) is 3. The number of rotatable bonds is 7. The summed E-state index contributed by atoms with van der Waals surface area (Å²) >= 11 is 0. The highest BCUT2D eigenvalue weighted by Crippen LogP contribution is 2.40. The van der Waals surface area contributed by atoms with Crippen LogP contribution in [0.3, 0.4) is 0 Å². The van der Waals surface area contributed by atoms with Crippen molar-refractivity contribution in [2.75, 3.05) is 13.7 Å². The lowest BCUT2D eigenvalue weighted by molar-refractivity contribution is 0.0925. The molecule has 0 radical (unpaired) electrons. The molecule has 6 rings (SSSR count). The van der Waals surface area contributed by atoms with Gasteiger partial charge in [-0.05, 0) is 53.1 Å². The van der Waals surface area contributed by atoms with Crippen LogP contribution < -0.4 is 4.74 Å². The van der Waals surface area contributed by atoms with Crippen molar-refractivity contribution in [3.63, 3.8) is 0 Å². The van der Waals surface area contributed by atoms with E-state index in [2.05, 4.69) is 76.3 Å². The largest absolute Gasteiger partial charge is 0.497 e. The molecule has 1 atom stereocenters. The molecule has 0 N–H and O–H groups in total. The van der Waals surface area contributed by atoms with Crippen molar-refractivity contribution in [2.45, 2.75) is 25.5 Å². The molecule has 5 heteroatoms. The summed E-state index contributed by atoms with van der Waals surface area (Å²) in [5.74, 6) is 1.98. The van der Waals surface area contributed by atoms with Crippen molar-refractivity contribution in [1.82, 2.24) is 14.5 Å². The van der Waals surface area contributed by atoms with Crippen LogP contribution in [0.5, 0.6) is 5.75 Å². The van der Waals surface area contributed by atoms with Crippen LogP contribution in [0.4, 0.5) is 0 Å². The van der Waals surface area contributed by atoms with Crippen LogP contribution in [-0.2, 0) is 17.8 Å². The molecule has 0 saturated carbocycles. The quantitative estimate of drug-likeness (QED) is 0.278. The average Bonchev–Trinajstić information content (AvgIpc) is 3.49. The molecule has 0 spiro atoms. The van der Waals surface area contributed by atoms with Gasteiger partial charge in [-0.2, -0.15) is 0 Å². The molecule has 3 heterocycles. The second-order valence-electron chi connectivity index (χ2n) is 8.95. The summed E-state index contributed by atoms with van der Waals surface area (Å²) in [4.78, 5) is 9.40. The van der Waals surface area contributed by atoms with Gasteiger partial charge in [0.1, 0.15) is 11.6 Å². The minimum atomic E-state index is 0.244. The maximum Gasteiger partial charge on any atom is 0.118 e. The smallest absolute Gasteiger partial charge is 0.118 e. The van der Waals surface area contributed by atoms with Crippen molar-refractivity contribution < 1.29 is 9.47 Å². The average molecular weight is 462 g/mol. The second kappa shape index (κ2) is 9.35. The first-order valence-corrected chi connectivity index (χ1v) is 12.0. The number of imidazole rings is 1. The summed E-state index contributed by atoms with van der Waals surface area (Å²) in [5.41, 5.74) is 5.57. The van der Waals surface area contributed by atoms with E-state index < -0.39 is 0 Å². The van der Waals surface area contributed by atoms with Gasteiger partial charge in [0, 0.05) is 29.9 Å². The Kier molecular flexibility index (Phi) is 5.76. The third-order valence-corrected chi connectivity index (χ3v) is 6.77. The summed E-state index contributed by atoms with van der Waals surface area (Å²) in [6, 6.07) is 27.5. The molecule has 0 fully saturated rings. The highest BCUT2D eigenvalue weighted by atomic mass is 16.5. The van der Waals surface area contributed by atoms with E-state index in [-0.39, 0.29) is 6.04 Å². The maximum atomic E-state index is 6.20. The summed E-state index contributed by atoms with van der Waals surface area (Å²) in [7, 11) is 1.68. The third-order valence-electron chi connectivity index (χ3n) is 6.77. The molecule has 1 unspecified atom stereocenters. The molecule has 0 bridgehead atoms. The number of aromatic nitrogens is 3. The van der Waals surface area contributed by atoms with E-state index >= 15 is 0 Å². The van der Waals surface area contributed by atoms with Gasteiger partial charge in [0.25, 0.3) is 0 Å². The highest BCUT2D eigenvalue weighted by Gasteiger charge is 2.30. The van der Waals surface area contributed by atoms with Crippen molar-refractivity contribution in [3.8, 4) is 28.3 Å². The van der Waals surface area contributed by atoms with Gasteiger partial charge in [-0.1, -0.05) is 48.5 Å². The van der Waals surface area contributed by atoms with E-state index in [1.165, 1.54) is 10.8 Å². The van der Waals surface area contributed by atoms with Gasteiger partial charge < -0.3 is 14.0 Å². The number of fused-ring (bicyclic) bond motifs is 2. The molecule has 35 heavy (non-hydrogen) atoms. The summed E-state index contributed by atoms with van der Waals surface area (Å²) < 4.78 is 13.8. The molecule has 5 aromatic rings. The Morgan fingerprint density at radius 2 is 1.69 bits per heavy atom. The second-order valence-corrected chi connectivity index (χ2v) is 8.95. The van der Waals surface area contributed by atoms with E-state index in [4.69, 9.17) is 14.5 Å². The minimum Gasteiger partial charge on any atom is -0.497 e. The molecule has 5 nitrogen and oxygen atoms in total. The fourth-order valence-corrected chi connectivity index (χ4v) is 4.99. The molecule has 1 aliphatic heterocycles. The van der Waals surface area contributed by atoms with Crippen molar-refractivity contribution in [2.24, 2.45) is 0 Å². The highest BCUT2D eigenvalue weighted by molar-refractivity contribution is 5.89. The van der Waals surface area contributed by atoms with Crippen molar-refractivity contribution in [1.29, 1.82) is 0 Å². The van der Waals surface area contributed by atoms with Gasteiger partial charge in [0.05, 0.1) is 37.8 Å². The number of hydrogen-bond acceptors (Lipinski definition) is 4. The SMILES string of the molecule is COc1ccc(COCC2CCc3nc(-c4ccc5ccccc5c4)c(-c4ccncc4)n32)cc1. The standard InChI is InChI=1S/C30H27N3O2/c1-34-27-11-6-21(7-12-27)19-35-20-26-10-13-28-32-29(30(33(26)28)23-14-16-31-17-15-23)25-9-8-22-4-2-3-5-24(22)18-25/h2-9,11-12,14-18,26H,10,13,19-20H2,1H3. The van der Waals surface area contributed by atoms with Crippen LogP contribution >= 0.6 is 0 Å². The third kappa shape index (κ3) is 4.19. The van der Waals surface area contributed by atoms with Crippen molar-refractivity contribution >= 4 is 10.8 Å². The van der Waals surface area contributed by atoms with E-state index in [1.807, 2.05) is 24.5 Å². The Balaban J connectivity index is 1.33. The fraction of sp³-hybridized carbons (Fsp3) is 0.200. The van der Waals surface area contributed by atoms with E-state index in [0.29, 0.717) is 13.2 Å². The van der Waals surface area contributed by atoms with Crippen molar-refractivity contribution in [3.05, 3.63) is 103 Å². The number of aryl methyl sites for hydroxylation is 1. The van der Waals surface area contributed by atoms with Gasteiger partial charge in [0.15, 0.2) is 0 Å². The zero-order valence-corrected chi connectivity index (χ0v) is 19.7. The van der Waals surface area contributed by atoms with E-state index in [9.17, 15) is 0 Å². The number of hydrogen-bond donors (Lipinski definition) is 0. The van der Waals surface area contributed by atoms with Crippen LogP contribution in [0.1, 0.15) is 23.9 Å². The monoisotopic (exact) mass is 461 g/mol. The summed E-state index contributed by atoms with van der Waals surface area (Å²) in [5, 5.41) is 2.46. The maximum absolute atomic E-state index is 6.20. The Bertz CT molecular complexity index is 1460. The molecular formula is C30H27N3O2. The lowest BCUT2D eigenvalue weighted by Gasteiger charge is -2.18.